The van der Waals surface area contributed by atoms with E-state index in [2.05, 4.69) is 15.6 Å². The average Bonchev–Trinajstić information content (AvgIpc) is 2.55. The highest BCUT2D eigenvalue weighted by Gasteiger charge is 2.03. The van der Waals surface area contributed by atoms with Crippen LogP contribution < -0.4 is 0 Å². The molecule has 4 heteroatoms. The number of para-hydroxylation sites is 2. The molecule has 16 heavy (non-hydrogen) atoms. The van der Waals surface area contributed by atoms with Gasteiger partial charge in [0.05, 0.1) is 23.7 Å². The number of H-pyrrole nitrogens is 1. The first-order valence-corrected chi connectivity index (χ1v) is 5.88. The van der Waals surface area contributed by atoms with Gasteiger partial charge < -0.3 is 14.3 Å². The molecule has 0 saturated heterocycles. The van der Waals surface area contributed by atoms with E-state index in [-0.39, 0.29) is 6.10 Å². The molecule has 1 aromatic heterocycles. The van der Waals surface area contributed by atoms with Gasteiger partial charge in [-0.2, -0.15) is 0 Å². The lowest BCUT2D eigenvalue weighted by molar-refractivity contribution is 0.0731. The summed E-state index contributed by atoms with van der Waals surface area (Å²) in [6, 6.07) is 8.12. The Morgan fingerprint density at radius 3 is 2.88 bits per heavy atom. The zero-order chi connectivity index (χ0) is 11.5. The van der Waals surface area contributed by atoms with Crippen molar-refractivity contribution in [1.29, 1.82) is 0 Å². The van der Waals surface area contributed by atoms with E-state index in [9.17, 15) is 0 Å². The molecule has 1 aromatic carbocycles. The van der Waals surface area contributed by atoms with Crippen LogP contribution in [0.3, 0.4) is 0 Å². The zero-order valence-electron chi connectivity index (χ0n) is 9.56. The molecular formula is C12H16N2OS. The van der Waals surface area contributed by atoms with Crippen molar-refractivity contribution in [3.63, 3.8) is 0 Å². The third-order valence-corrected chi connectivity index (χ3v) is 2.77. The van der Waals surface area contributed by atoms with Gasteiger partial charge in [0.15, 0.2) is 4.77 Å². The van der Waals surface area contributed by atoms with Crippen LogP contribution in [0.5, 0.6) is 0 Å². The van der Waals surface area contributed by atoms with Crippen LogP contribution in [0, 0.1) is 4.77 Å². The average molecular weight is 236 g/mol. The molecule has 0 radical (unpaired) electrons. The molecule has 0 amide bonds. The molecular weight excluding hydrogens is 220 g/mol. The van der Waals surface area contributed by atoms with Gasteiger partial charge in [-0.05, 0) is 38.2 Å². The molecule has 0 spiro atoms. The van der Waals surface area contributed by atoms with E-state index in [1.165, 1.54) is 0 Å². The Labute approximate surface area is 100 Å². The van der Waals surface area contributed by atoms with Crippen molar-refractivity contribution in [3.05, 3.63) is 29.0 Å². The van der Waals surface area contributed by atoms with Crippen LogP contribution in [0.2, 0.25) is 0 Å². The number of aromatic nitrogens is 2. The predicted molar refractivity (Wildman–Crippen MR) is 68.2 cm³/mol. The van der Waals surface area contributed by atoms with Gasteiger partial charge >= 0.3 is 0 Å². The molecule has 0 bridgehead atoms. The molecule has 0 atom stereocenters. The lowest BCUT2D eigenvalue weighted by Gasteiger charge is -2.08. The van der Waals surface area contributed by atoms with E-state index in [4.69, 9.17) is 17.0 Å². The second-order valence-corrected chi connectivity index (χ2v) is 4.41. The number of nitrogens with zero attached hydrogens (tertiary/aromatic N) is 1. The van der Waals surface area contributed by atoms with Gasteiger partial charge in [-0.1, -0.05) is 12.1 Å². The molecule has 0 aliphatic carbocycles. The van der Waals surface area contributed by atoms with Crippen LogP contribution in [0.15, 0.2) is 24.3 Å². The van der Waals surface area contributed by atoms with E-state index in [0.29, 0.717) is 6.61 Å². The van der Waals surface area contributed by atoms with Crippen molar-refractivity contribution in [2.45, 2.75) is 26.5 Å². The standard InChI is InChI=1S/C12H16N2OS/c1-9(2)15-8-7-14-11-6-4-3-5-10(11)13-12(14)16/h3-6,9H,7-8H2,1-2H3,(H,13,16). The molecule has 0 aliphatic rings. The molecule has 1 heterocycles. The first kappa shape index (κ1) is 11.4. The number of ether oxygens (including phenoxy) is 1. The number of rotatable bonds is 4. The topological polar surface area (TPSA) is 29.9 Å². The second-order valence-electron chi connectivity index (χ2n) is 4.02. The Bertz CT molecular complexity index is 527. The number of fused-ring (bicyclic) bond motifs is 1. The van der Waals surface area contributed by atoms with Gasteiger partial charge in [0.2, 0.25) is 0 Å². The molecule has 0 saturated carbocycles. The van der Waals surface area contributed by atoms with Gasteiger partial charge in [-0.25, -0.2) is 0 Å². The SMILES string of the molecule is CC(C)OCCn1c(=S)[nH]c2ccccc21. The minimum absolute atomic E-state index is 0.263. The van der Waals surface area contributed by atoms with E-state index in [0.717, 1.165) is 22.3 Å². The molecule has 1 N–H and O–H groups in total. The number of nitrogens with one attached hydrogen (secondary N) is 1. The largest absolute Gasteiger partial charge is 0.377 e. The number of benzene rings is 1. The van der Waals surface area contributed by atoms with E-state index < -0.39 is 0 Å². The smallest absolute Gasteiger partial charge is 0.178 e. The van der Waals surface area contributed by atoms with Gasteiger partial charge in [0.25, 0.3) is 0 Å². The first-order chi connectivity index (χ1) is 7.68. The molecule has 3 nitrogen and oxygen atoms in total. The normalized spacial score (nSPS) is 11.4. The lowest BCUT2D eigenvalue weighted by Crippen LogP contribution is -2.10. The summed E-state index contributed by atoms with van der Waals surface area (Å²) in [4.78, 5) is 3.19. The summed E-state index contributed by atoms with van der Waals surface area (Å²) in [6.07, 6.45) is 0.263. The fraction of sp³-hybridized carbons (Fsp3) is 0.417. The van der Waals surface area contributed by atoms with E-state index in [1.807, 2.05) is 32.0 Å². The highest BCUT2D eigenvalue weighted by molar-refractivity contribution is 7.71. The van der Waals surface area contributed by atoms with Gasteiger partial charge in [-0.15, -0.1) is 0 Å². The molecule has 86 valence electrons. The first-order valence-electron chi connectivity index (χ1n) is 5.47. The Morgan fingerprint density at radius 1 is 1.38 bits per heavy atom. The summed E-state index contributed by atoms with van der Waals surface area (Å²) in [6.45, 7) is 5.55. The Kier molecular flexibility index (Phi) is 3.41. The van der Waals surface area contributed by atoms with Crippen LogP contribution in [0.25, 0.3) is 11.0 Å². The van der Waals surface area contributed by atoms with Crippen molar-refractivity contribution >= 4 is 23.3 Å². The fourth-order valence-corrected chi connectivity index (χ4v) is 2.01. The van der Waals surface area contributed by atoms with Crippen molar-refractivity contribution in [2.75, 3.05) is 6.61 Å². The number of aromatic amines is 1. The number of hydrogen-bond acceptors (Lipinski definition) is 2. The highest BCUT2D eigenvalue weighted by atomic mass is 32.1. The maximum atomic E-state index is 5.54. The van der Waals surface area contributed by atoms with Crippen molar-refractivity contribution in [3.8, 4) is 0 Å². The quantitative estimate of drug-likeness (QED) is 0.827. The molecule has 0 aliphatic heterocycles. The van der Waals surface area contributed by atoms with Crippen molar-refractivity contribution < 1.29 is 4.74 Å². The van der Waals surface area contributed by atoms with Crippen LogP contribution in [-0.2, 0) is 11.3 Å². The Balaban J connectivity index is 2.23. The third-order valence-electron chi connectivity index (χ3n) is 2.45. The Morgan fingerprint density at radius 2 is 2.12 bits per heavy atom. The van der Waals surface area contributed by atoms with Crippen LogP contribution in [0.1, 0.15) is 13.8 Å². The maximum absolute atomic E-state index is 5.54. The summed E-state index contributed by atoms with van der Waals surface area (Å²) in [7, 11) is 0. The Hall–Kier alpha value is -1.13. The minimum atomic E-state index is 0.263. The third kappa shape index (κ3) is 2.33. The summed E-state index contributed by atoms with van der Waals surface area (Å²) >= 11 is 5.28. The van der Waals surface area contributed by atoms with E-state index >= 15 is 0 Å². The summed E-state index contributed by atoms with van der Waals surface area (Å²) in [5.74, 6) is 0. The lowest BCUT2D eigenvalue weighted by atomic mass is 10.3. The van der Waals surface area contributed by atoms with E-state index in [1.54, 1.807) is 0 Å². The summed E-state index contributed by atoms with van der Waals surface area (Å²) in [5, 5.41) is 0. The number of imidazole rings is 1. The molecule has 2 rings (SSSR count). The van der Waals surface area contributed by atoms with Crippen LogP contribution in [0.4, 0.5) is 0 Å². The van der Waals surface area contributed by atoms with Crippen molar-refractivity contribution in [2.24, 2.45) is 0 Å². The predicted octanol–water partition coefficient (Wildman–Crippen LogP) is 3.12. The monoisotopic (exact) mass is 236 g/mol. The van der Waals surface area contributed by atoms with Gasteiger partial charge in [-0.3, -0.25) is 0 Å². The summed E-state index contributed by atoms with van der Waals surface area (Å²) < 4.78 is 8.37. The zero-order valence-corrected chi connectivity index (χ0v) is 10.4. The van der Waals surface area contributed by atoms with Crippen LogP contribution >= 0.6 is 12.2 Å². The molecule has 2 aromatic rings. The second kappa shape index (κ2) is 4.80. The maximum Gasteiger partial charge on any atom is 0.178 e. The summed E-state index contributed by atoms with van der Waals surface area (Å²) in [5.41, 5.74) is 2.22. The molecule has 0 fully saturated rings. The van der Waals surface area contributed by atoms with Crippen molar-refractivity contribution in [1.82, 2.24) is 9.55 Å². The van der Waals surface area contributed by atoms with Crippen LogP contribution in [-0.4, -0.2) is 22.3 Å². The van der Waals surface area contributed by atoms with Gasteiger partial charge in [0, 0.05) is 6.54 Å². The van der Waals surface area contributed by atoms with Gasteiger partial charge in [0.1, 0.15) is 0 Å². The molecule has 0 unspecified atom stereocenters. The fourth-order valence-electron chi connectivity index (χ4n) is 1.71. The number of hydrogen-bond donors (Lipinski definition) is 1. The minimum Gasteiger partial charge on any atom is -0.377 e. The highest BCUT2D eigenvalue weighted by Crippen LogP contribution is 2.13.